The third-order valence-electron chi connectivity index (χ3n) is 4.83. The molecule has 2 rings (SSSR count). The van der Waals surface area contributed by atoms with Gasteiger partial charge in [-0.15, -0.1) is 0 Å². The van der Waals surface area contributed by atoms with E-state index in [1.54, 1.807) is 7.11 Å². The van der Waals surface area contributed by atoms with Crippen molar-refractivity contribution < 1.29 is 9.53 Å². The van der Waals surface area contributed by atoms with Gasteiger partial charge in [0.15, 0.2) is 0 Å². The Labute approximate surface area is 110 Å². The number of nitrogens with one attached hydrogen (secondary N) is 2. The fourth-order valence-corrected chi connectivity index (χ4v) is 3.16. The summed E-state index contributed by atoms with van der Waals surface area (Å²) < 4.78 is 5.32. The Morgan fingerprint density at radius 2 is 1.94 bits per heavy atom. The zero-order valence-corrected chi connectivity index (χ0v) is 11.7. The van der Waals surface area contributed by atoms with E-state index in [0.717, 1.165) is 45.2 Å². The molecular weight excluding hydrogens is 228 g/mol. The van der Waals surface area contributed by atoms with E-state index in [9.17, 15) is 4.79 Å². The molecule has 0 unspecified atom stereocenters. The van der Waals surface area contributed by atoms with Crippen molar-refractivity contribution in [1.29, 1.82) is 0 Å². The normalized spacial score (nSPS) is 25.2. The third-order valence-corrected chi connectivity index (χ3v) is 4.83. The van der Waals surface area contributed by atoms with Crippen molar-refractivity contribution in [1.82, 2.24) is 10.6 Å². The molecule has 0 aromatic carbocycles. The molecule has 0 atom stereocenters. The number of amides is 1. The van der Waals surface area contributed by atoms with Gasteiger partial charge in [0.05, 0.1) is 12.0 Å². The van der Waals surface area contributed by atoms with Crippen molar-refractivity contribution in [3.63, 3.8) is 0 Å². The number of rotatable bonds is 5. The van der Waals surface area contributed by atoms with E-state index in [-0.39, 0.29) is 16.9 Å². The Balaban J connectivity index is 2.03. The smallest absolute Gasteiger partial charge is 0.229 e. The first-order valence-corrected chi connectivity index (χ1v) is 7.19. The molecule has 2 fully saturated rings. The van der Waals surface area contributed by atoms with Gasteiger partial charge in [-0.2, -0.15) is 0 Å². The lowest BCUT2D eigenvalue weighted by Gasteiger charge is -2.45. The minimum atomic E-state index is -0.308. The minimum absolute atomic E-state index is 0.0860. The van der Waals surface area contributed by atoms with Gasteiger partial charge >= 0.3 is 0 Å². The molecule has 2 N–H and O–H groups in total. The standard InChI is InChI=1S/C14H26N2O2/c1-3-14(5-4-6-14)16-12(17)13(11-18-2)7-9-15-10-8-13/h15H,3-11H2,1-2H3,(H,16,17). The number of carbonyl (C=O) groups excluding carboxylic acids is 1. The van der Waals surface area contributed by atoms with Crippen molar-refractivity contribution in [2.75, 3.05) is 26.8 Å². The second kappa shape index (κ2) is 5.57. The fourth-order valence-electron chi connectivity index (χ4n) is 3.16. The molecule has 1 aliphatic heterocycles. The number of carbonyl (C=O) groups is 1. The zero-order valence-electron chi connectivity index (χ0n) is 11.7. The minimum Gasteiger partial charge on any atom is -0.384 e. The van der Waals surface area contributed by atoms with Crippen LogP contribution in [0.15, 0.2) is 0 Å². The molecule has 1 saturated carbocycles. The Kier molecular flexibility index (Phi) is 4.28. The lowest BCUT2D eigenvalue weighted by atomic mass is 9.72. The van der Waals surface area contributed by atoms with Gasteiger partial charge in [-0.3, -0.25) is 4.79 Å². The van der Waals surface area contributed by atoms with E-state index in [1.165, 1.54) is 6.42 Å². The summed E-state index contributed by atoms with van der Waals surface area (Å²) >= 11 is 0. The SMILES string of the molecule is CCC1(NC(=O)C2(COC)CCNCC2)CCC1. The molecular formula is C14H26N2O2. The van der Waals surface area contributed by atoms with Crippen molar-refractivity contribution >= 4 is 5.91 Å². The van der Waals surface area contributed by atoms with Crippen LogP contribution >= 0.6 is 0 Å². The van der Waals surface area contributed by atoms with E-state index in [4.69, 9.17) is 4.74 Å². The molecule has 1 saturated heterocycles. The van der Waals surface area contributed by atoms with Gasteiger partial charge in [0.1, 0.15) is 0 Å². The van der Waals surface area contributed by atoms with Crippen LogP contribution in [0.2, 0.25) is 0 Å². The largest absolute Gasteiger partial charge is 0.384 e. The molecule has 18 heavy (non-hydrogen) atoms. The van der Waals surface area contributed by atoms with Gasteiger partial charge in [-0.1, -0.05) is 6.92 Å². The van der Waals surface area contributed by atoms with Crippen LogP contribution in [0.3, 0.4) is 0 Å². The predicted octanol–water partition coefficient (Wildman–Crippen LogP) is 1.45. The topological polar surface area (TPSA) is 50.4 Å². The van der Waals surface area contributed by atoms with Crippen LogP contribution in [0.1, 0.15) is 45.4 Å². The molecule has 0 bridgehead atoms. The summed E-state index contributed by atoms with van der Waals surface area (Å²) in [6.07, 6.45) is 6.32. The highest BCUT2D eigenvalue weighted by molar-refractivity contribution is 5.83. The van der Waals surface area contributed by atoms with E-state index in [1.807, 2.05) is 0 Å². The average Bonchev–Trinajstić information content (AvgIpc) is 2.35. The number of piperidine rings is 1. The van der Waals surface area contributed by atoms with Gasteiger partial charge in [-0.25, -0.2) is 0 Å². The molecule has 0 radical (unpaired) electrons. The summed E-state index contributed by atoms with van der Waals surface area (Å²) in [7, 11) is 1.69. The summed E-state index contributed by atoms with van der Waals surface area (Å²) in [5.74, 6) is 0.215. The van der Waals surface area contributed by atoms with E-state index in [2.05, 4.69) is 17.6 Å². The van der Waals surface area contributed by atoms with Crippen LogP contribution in [0.5, 0.6) is 0 Å². The third kappa shape index (κ3) is 2.54. The number of methoxy groups -OCH3 is 1. The molecule has 104 valence electrons. The second-order valence-electron chi connectivity index (χ2n) is 5.90. The second-order valence-corrected chi connectivity index (χ2v) is 5.90. The number of hydrogen-bond acceptors (Lipinski definition) is 3. The van der Waals surface area contributed by atoms with E-state index in [0.29, 0.717) is 6.61 Å². The van der Waals surface area contributed by atoms with Crippen molar-refractivity contribution in [2.45, 2.75) is 51.0 Å². The lowest BCUT2D eigenvalue weighted by molar-refractivity contribution is -0.139. The van der Waals surface area contributed by atoms with Crippen LogP contribution in [-0.4, -0.2) is 38.3 Å². The maximum Gasteiger partial charge on any atom is 0.229 e. The van der Waals surface area contributed by atoms with E-state index < -0.39 is 0 Å². The number of hydrogen-bond donors (Lipinski definition) is 2. The molecule has 1 aliphatic carbocycles. The Morgan fingerprint density at radius 3 is 2.39 bits per heavy atom. The van der Waals surface area contributed by atoms with Crippen LogP contribution in [-0.2, 0) is 9.53 Å². The molecule has 1 heterocycles. The first-order chi connectivity index (χ1) is 8.66. The molecule has 0 aromatic heterocycles. The summed E-state index contributed by atoms with van der Waals surface area (Å²) in [6, 6.07) is 0. The van der Waals surface area contributed by atoms with Crippen LogP contribution < -0.4 is 10.6 Å². The maximum atomic E-state index is 12.7. The first-order valence-electron chi connectivity index (χ1n) is 7.19. The van der Waals surface area contributed by atoms with Crippen molar-refractivity contribution in [3.8, 4) is 0 Å². The molecule has 0 spiro atoms. The van der Waals surface area contributed by atoms with Gasteiger partial charge in [-0.05, 0) is 51.6 Å². The highest BCUT2D eigenvalue weighted by atomic mass is 16.5. The maximum absolute atomic E-state index is 12.7. The summed E-state index contributed by atoms with van der Waals surface area (Å²) in [6.45, 7) is 4.54. The highest BCUT2D eigenvalue weighted by Crippen LogP contribution is 2.37. The van der Waals surface area contributed by atoms with Crippen LogP contribution in [0, 0.1) is 5.41 Å². The van der Waals surface area contributed by atoms with Gasteiger partial charge < -0.3 is 15.4 Å². The highest BCUT2D eigenvalue weighted by Gasteiger charge is 2.44. The summed E-state index contributed by atoms with van der Waals surface area (Å²) in [5, 5.41) is 6.65. The van der Waals surface area contributed by atoms with Crippen LogP contribution in [0.25, 0.3) is 0 Å². The predicted molar refractivity (Wildman–Crippen MR) is 71.4 cm³/mol. The Morgan fingerprint density at radius 1 is 1.28 bits per heavy atom. The summed E-state index contributed by atoms with van der Waals surface area (Å²) in [4.78, 5) is 12.7. The molecule has 4 nitrogen and oxygen atoms in total. The number of ether oxygens (including phenoxy) is 1. The van der Waals surface area contributed by atoms with E-state index >= 15 is 0 Å². The van der Waals surface area contributed by atoms with Gasteiger partial charge in [0.25, 0.3) is 0 Å². The Bertz CT molecular complexity index is 283. The van der Waals surface area contributed by atoms with Crippen molar-refractivity contribution in [3.05, 3.63) is 0 Å². The molecule has 0 aromatic rings. The fraction of sp³-hybridized carbons (Fsp3) is 0.929. The first kappa shape index (κ1) is 13.8. The summed E-state index contributed by atoms with van der Waals surface area (Å²) in [5.41, 5.74) is -0.222. The zero-order chi connectivity index (χ0) is 13.1. The van der Waals surface area contributed by atoms with Gasteiger partial charge in [0.2, 0.25) is 5.91 Å². The lowest BCUT2D eigenvalue weighted by Crippen LogP contribution is -2.59. The quantitative estimate of drug-likeness (QED) is 0.781. The average molecular weight is 254 g/mol. The monoisotopic (exact) mass is 254 g/mol. The Hall–Kier alpha value is -0.610. The molecule has 1 amide bonds. The molecule has 4 heteroatoms. The van der Waals surface area contributed by atoms with Gasteiger partial charge in [0, 0.05) is 12.6 Å². The van der Waals surface area contributed by atoms with Crippen molar-refractivity contribution in [2.24, 2.45) is 5.41 Å². The van der Waals surface area contributed by atoms with Crippen LogP contribution in [0.4, 0.5) is 0 Å². The molecule has 2 aliphatic rings.